The molecule has 0 aliphatic carbocycles. The molecule has 15 heavy (non-hydrogen) atoms. The van der Waals surface area contributed by atoms with E-state index in [1.165, 1.54) is 0 Å². The summed E-state index contributed by atoms with van der Waals surface area (Å²) >= 11 is 1.63. The summed E-state index contributed by atoms with van der Waals surface area (Å²) in [6.07, 6.45) is -0.314. The molecule has 0 aliphatic rings. The summed E-state index contributed by atoms with van der Waals surface area (Å²) in [7, 11) is 3.49. The Hall–Kier alpha value is -0.710. The summed E-state index contributed by atoms with van der Waals surface area (Å²) in [4.78, 5) is 1.12. The average Bonchev–Trinajstić information content (AvgIpc) is 2.27. The quantitative estimate of drug-likeness (QED) is 0.720. The van der Waals surface area contributed by atoms with Gasteiger partial charge in [-0.25, -0.2) is 0 Å². The van der Waals surface area contributed by atoms with Crippen molar-refractivity contribution in [3.63, 3.8) is 0 Å². The highest BCUT2D eigenvalue weighted by atomic mass is 32.2. The van der Waals surface area contributed by atoms with Crippen LogP contribution in [0.1, 0.15) is 0 Å². The molecule has 84 valence electrons. The Balaban J connectivity index is 2.43. The zero-order chi connectivity index (χ0) is 11.1. The van der Waals surface area contributed by atoms with E-state index in [4.69, 9.17) is 4.74 Å². The molecule has 0 saturated carbocycles. The third-order valence-corrected chi connectivity index (χ3v) is 3.06. The van der Waals surface area contributed by atoms with Crippen LogP contribution in [0, 0.1) is 0 Å². The summed E-state index contributed by atoms with van der Waals surface area (Å²) in [5.41, 5.74) is 0. The van der Waals surface area contributed by atoms with Crippen molar-refractivity contribution in [2.75, 3.05) is 26.5 Å². The molecule has 0 bridgehead atoms. The first-order valence-electron chi connectivity index (χ1n) is 4.85. The Bertz CT molecular complexity index is 294. The van der Waals surface area contributed by atoms with E-state index in [0.717, 1.165) is 10.6 Å². The van der Waals surface area contributed by atoms with Gasteiger partial charge in [0.1, 0.15) is 5.75 Å². The number of thioether (sulfide) groups is 1. The predicted molar refractivity (Wildman–Crippen MR) is 63.7 cm³/mol. The van der Waals surface area contributed by atoms with Crippen molar-refractivity contribution in [2.24, 2.45) is 0 Å². The van der Waals surface area contributed by atoms with Crippen LogP contribution in [-0.4, -0.2) is 37.7 Å². The molecule has 4 heteroatoms. The largest absolute Gasteiger partial charge is 0.497 e. The third kappa shape index (κ3) is 4.55. The molecule has 0 heterocycles. The Morgan fingerprint density at radius 1 is 1.53 bits per heavy atom. The van der Waals surface area contributed by atoms with Gasteiger partial charge in [0.05, 0.1) is 13.2 Å². The molecule has 0 amide bonds. The van der Waals surface area contributed by atoms with Gasteiger partial charge < -0.3 is 15.2 Å². The normalized spacial score (nSPS) is 12.5. The molecular formula is C11H17NO2S. The zero-order valence-corrected chi connectivity index (χ0v) is 9.88. The maximum atomic E-state index is 9.52. The minimum absolute atomic E-state index is 0.314. The summed E-state index contributed by atoms with van der Waals surface area (Å²) < 4.78 is 5.12. The van der Waals surface area contributed by atoms with Crippen LogP contribution in [0.3, 0.4) is 0 Å². The molecule has 1 aromatic rings. The monoisotopic (exact) mass is 227 g/mol. The fourth-order valence-corrected chi connectivity index (χ4v) is 2.05. The van der Waals surface area contributed by atoms with Crippen molar-refractivity contribution in [3.8, 4) is 5.75 Å². The van der Waals surface area contributed by atoms with Gasteiger partial charge in [-0.2, -0.15) is 0 Å². The van der Waals surface area contributed by atoms with Crippen molar-refractivity contribution < 1.29 is 9.84 Å². The van der Waals surface area contributed by atoms with Crippen LogP contribution in [0.25, 0.3) is 0 Å². The molecule has 2 N–H and O–H groups in total. The van der Waals surface area contributed by atoms with Crippen LogP contribution in [-0.2, 0) is 0 Å². The molecular weight excluding hydrogens is 210 g/mol. The van der Waals surface area contributed by atoms with Gasteiger partial charge in [-0.1, -0.05) is 6.07 Å². The van der Waals surface area contributed by atoms with E-state index in [1.54, 1.807) is 18.9 Å². The highest BCUT2D eigenvalue weighted by Crippen LogP contribution is 2.23. The summed E-state index contributed by atoms with van der Waals surface area (Å²) in [5.74, 6) is 1.54. The number of methoxy groups -OCH3 is 1. The highest BCUT2D eigenvalue weighted by Gasteiger charge is 2.03. The minimum Gasteiger partial charge on any atom is -0.497 e. The second-order valence-electron chi connectivity index (χ2n) is 3.20. The van der Waals surface area contributed by atoms with Crippen LogP contribution < -0.4 is 10.1 Å². The van der Waals surface area contributed by atoms with Gasteiger partial charge in [-0.3, -0.25) is 0 Å². The molecule has 3 nitrogen and oxygen atoms in total. The van der Waals surface area contributed by atoms with Crippen LogP contribution >= 0.6 is 11.8 Å². The van der Waals surface area contributed by atoms with Gasteiger partial charge in [0.2, 0.25) is 0 Å². The molecule has 0 saturated heterocycles. The number of hydrogen-bond acceptors (Lipinski definition) is 4. The molecule has 0 aromatic heterocycles. The van der Waals surface area contributed by atoms with Gasteiger partial charge >= 0.3 is 0 Å². The number of hydrogen-bond donors (Lipinski definition) is 2. The van der Waals surface area contributed by atoms with Crippen molar-refractivity contribution >= 4 is 11.8 Å². The predicted octanol–water partition coefficient (Wildman–Crippen LogP) is 1.37. The second kappa shape index (κ2) is 6.71. The minimum atomic E-state index is -0.314. The van der Waals surface area contributed by atoms with Gasteiger partial charge in [-0.15, -0.1) is 11.8 Å². The van der Waals surface area contributed by atoms with E-state index >= 15 is 0 Å². The highest BCUT2D eigenvalue weighted by molar-refractivity contribution is 7.99. The molecule has 1 atom stereocenters. The fourth-order valence-electron chi connectivity index (χ4n) is 1.18. The van der Waals surface area contributed by atoms with E-state index in [0.29, 0.717) is 12.3 Å². The number of nitrogens with one attached hydrogen (secondary N) is 1. The Kier molecular flexibility index (Phi) is 5.53. The SMILES string of the molecule is CNCC(O)CSc1cccc(OC)c1. The number of benzene rings is 1. The lowest BCUT2D eigenvalue weighted by atomic mass is 10.3. The maximum absolute atomic E-state index is 9.52. The average molecular weight is 227 g/mol. The molecule has 1 rings (SSSR count). The lowest BCUT2D eigenvalue weighted by Gasteiger charge is -2.09. The fraction of sp³-hybridized carbons (Fsp3) is 0.455. The van der Waals surface area contributed by atoms with Gasteiger partial charge in [-0.05, 0) is 25.2 Å². The Morgan fingerprint density at radius 2 is 2.33 bits per heavy atom. The second-order valence-corrected chi connectivity index (χ2v) is 4.29. The van der Waals surface area contributed by atoms with E-state index in [2.05, 4.69) is 5.32 Å². The lowest BCUT2D eigenvalue weighted by Crippen LogP contribution is -2.25. The first-order chi connectivity index (χ1) is 7.26. The van der Waals surface area contributed by atoms with Crippen molar-refractivity contribution in [2.45, 2.75) is 11.0 Å². The molecule has 0 radical (unpaired) electrons. The topological polar surface area (TPSA) is 41.5 Å². The lowest BCUT2D eigenvalue weighted by molar-refractivity contribution is 0.199. The van der Waals surface area contributed by atoms with Crippen LogP contribution in [0.5, 0.6) is 5.75 Å². The van der Waals surface area contributed by atoms with Crippen molar-refractivity contribution in [3.05, 3.63) is 24.3 Å². The number of likely N-dealkylation sites (N-methyl/N-ethyl adjacent to an activating group) is 1. The standard InChI is InChI=1S/C11H17NO2S/c1-12-7-9(13)8-15-11-5-3-4-10(6-11)14-2/h3-6,9,12-13H,7-8H2,1-2H3. The Morgan fingerprint density at radius 3 is 3.00 bits per heavy atom. The number of aliphatic hydroxyl groups excluding tert-OH is 1. The molecule has 1 aromatic carbocycles. The third-order valence-electron chi connectivity index (χ3n) is 1.92. The van der Waals surface area contributed by atoms with Crippen LogP contribution in [0.4, 0.5) is 0 Å². The Labute approximate surface area is 94.8 Å². The van der Waals surface area contributed by atoms with E-state index < -0.39 is 0 Å². The van der Waals surface area contributed by atoms with Gasteiger partial charge in [0.15, 0.2) is 0 Å². The number of rotatable bonds is 6. The van der Waals surface area contributed by atoms with Crippen molar-refractivity contribution in [1.82, 2.24) is 5.32 Å². The first-order valence-corrected chi connectivity index (χ1v) is 5.84. The molecule has 1 unspecified atom stereocenters. The zero-order valence-electron chi connectivity index (χ0n) is 9.06. The van der Waals surface area contributed by atoms with Crippen molar-refractivity contribution in [1.29, 1.82) is 0 Å². The van der Waals surface area contributed by atoms with Crippen LogP contribution in [0.2, 0.25) is 0 Å². The van der Waals surface area contributed by atoms with E-state index in [-0.39, 0.29) is 6.10 Å². The molecule has 0 spiro atoms. The first kappa shape index (κ1) is 12.4. The summed E-state index contributed by atoms with van der Waals surface area (Å²) in [6.45, 7) is 0.622. The smallest absolute Gasteiger partial charge is 0.119 e. The van der Waals surface area contributed by atoms with Gasteiger partial charge in [0, 0.05) is 17.2 Å². The maximum Gasteiger partial charge on any atom is 0.119 e. The summed E-state index contributed by atoms with van der Waals surface area (Å²) in [5, 5.41) is 12.5. The molecule has 0 aliphatic heterocycles. The summed E-state index contributed by atoms with van der Waals surface area (Å²) in [6, 6.07) is 7.84. The van der Waals surface area contributed by atoms with Crippen LogP contribution in [0.15, 0.2) is 29.2 Å². The number of aliphatic hydroxyl groups is 1. The molecule has 0 fully saturated rings. The number of ether oxygens (including phenoxy) is 1. The van der Waals surface area contributed by atoms with E-state index in [9.17, 15) is 5.11 Å². The van der Waals surface area contributed by atoms with E-state index in [1.807, 2.05) is 31.3 Å². The van der Waals surface area contributed by atoms with Gasteiger partial charge in [0.25, 0.3) is 0 Å².